The maximum Gasteiger partial charge on any atom is 1.00 e. The molecule has 0 aromatic carbocycles. The van der Waals surface area contributed by atoms with Crippen LogP contribution < -0.4 is 51.4 Å². The fraction of sp³-hybridized carbons (Fsp3) is 1.00. The fourth-order valence-electron chi connectivity index (χ4n) is 0. The van der Waals surface area contributed by atoms with Crippen LogP contribution in [-0.4, -0.2) is 0 Å². The predicted molar refractivity (Wildman–Crippen MR) is 26.2 cm³/mol. The van der Waals surface area contributed by atoms with Gasteiger partial charge in [0.15, 0.2) is 0 Å². The normalized spacial score (nSPS) is 10.0. The van der Waals surface area contributed by atoms with E-state index in [0.29, 0.717) is 5.41 Å². The van der Waals surface area contributed by atoms with Gasteiger partial charge in [-0.25, -0.2) is 0 Å². The molecule has 0 spiro atoms. The van der Waals surface area contributed by atoms with Gasteiger partial charge in [0.2, 0.25) is 0 Å². The Morgan fingerprint density at radius 1 is 1.00 bits per heavy atom. The van der Waals surface area contributed by atoms with Gasteiger partial charge < -0.3 is 1.43 Å². The molecule has 0 aromatic heterocycles. The van der Waals surface area contributed by atoms with Crippen LogP contribution in [0.2, 0.25) is 0 Å². The first-order valence-electron chi connectivity index (χ1n) is 2.00. The topological polar surface area (TPSA) is 0 Å². The van der Waals surface area contributed by atoms with Crippen molar-refractivity contribution in [2.24, 2.45) is 5.41 Å². The minimum Gasteiger partial charge on any atom is -1.00 e. The van der Waals surface area contributed by atoms with Gasteiger partial charge in [-0.2, -0.15) is 0 Å². The molecule has 34 valence electrons. The molecule has 0 unspecified atom stereocenters. The quantitative estimate of drug-likeness (QED) is 0.359. The zero-order valence-electron chi connectivity index (χ0n) is 6.50. The van der Waals surface area contributed by atoms with Crippen LogP contribution >= 0.6 is 0 Å². The molecule has 0 aliphatic rings. The van der Waals surface area contributed by atoms with E-state index in [0.717, 1.165) is 0 Å². The Labute approximate surface area is 84.6 Å². The molecule has 0 bridgehead atoms. The molecule has 0 atom stereocenters. The first kappa shape index (κ1) is 10.6. The Bertz CT molecular complexity index is 23.6. The van der Waals surface area contributed by atoms with Crippen molar-refractivity contribution in [3.05, 3.63) is 0 Å². The van der Waals surface area contributed by atoms with Crippen LogP contribution in [0.3, 0.4) is 0 Å². The molecule has 6 heavy (non-hydrogen) atoms. The van der Waals surface area contributed by atoms with Crippen molar-refractivity contribution in [1.29, 1.82) is 0 Å². The van der Waals surface area contributed by atoms with E-state index in [1.54, 1.807) is 0 Å². The van der Waals surface area contributed by atoms with Crippen molar-refractivity contribution < 1.29 is 52.8 Å². The van der Waals surface area contributed by atoms with Gasteiger partial charge in [-0.15, -0.1) is 0 Å². The average molecular weight is 112 g/mol. The van der Waals surface area contributed by atoms with Crippen LogP contribution in [0.15, 0.2) is 0 Å². The van der Waals surface area contributed by atoms with Gasteiger partial charge in [-0.05, 0) is 5.41 Å². The molecular formula is C5H13K. The second-order valence-corrected chi connectivity index (χ2v) is 3.00. The molecule has 0 radical (unpaired) electrons. The molecule has 0 aliphatic carbocycles. The SMILES string of the molecule is CC(C)(C)C.[H-].[K+]. The minimum atomic E-state index is 0. The molecular weight excluding hydrogens is 99.2 g/mol. The average Bonchev–Trinajstić information content (AvgIpc) is 0.722. The number of hydrogen-bond donors (Lipinski definition) is 0. The minimum absolute atomic E-state index is 0. The van der Waals surface area contributed by atoms with Crippen molar-refractivity contribution in [1.82, 2.24) is 0 Å². The van der Waals surface area contributed by atoms with Crippen LogP contribution in [0.5, 0.6) is 0 Å². The zero-order chi connectivity index (χ0) is 4.50. The van der Waals surface area contributed by atoms with Crippen LogP contribution in [0, 0.1) is 5.41 Å². The molecule has 0 nitrogen and oxygen atoms in total. The molecule has 0 heterocycles. The van der Waals surface area contributed by atoms with E-state index < -0.39 is 0 Å². The van der Waals surface area contributed by atoms with Gasteiger partial charge in [0.25, 0.3) is 0 Å². The molecule has 0 aliphatic heterocycles. The maximum atomic E-state index is 2.19. The van der Waals surface area contributed by atoms with Crippen molar-refractivity contribution in [3.8, 4) is 0 Å². The third-order valence-corrected chi connectivity index (χ3v) is 0. The van der Waals surface area contributed by atoms with Crippen LogP contribution in [-0.2, 0) is 0 Å². The Balaban J connectivity index is -0.0000000800. The van der Waals surface area contributed by atoms with Gasteiger partial charge in [0.1, 0.15) is 0 Å². The van der Waals surface area contributed by atoms with Crippen LogP contribution in [0.25, 0.3) is 0 Å². The van der Waals surface area contributed by atoms with E-state index in [1.807, 2.05) is 0 Å². The van der Waals surface area contributed by atoms with Crippen molar-refractivity contribution in [2.75, 3.05) is 0 Å². The first-order valence-corrected chi connectivity index (χ1v) is 2.00. The van der Waals surface area contributed by atoms with Crippen molar-refractivity contribution in [2.45, 2.75) is 27.7 Å². The van der Waals surface area contributed by atoms with Crippen LogP contribution in [0.4, 0.5) is 0 Å². The second-order valence-electron chi connectivity index (χ2n) is 3.00. The van der Waals surface area contributed by atoms with E-state index in [4.69, 9.17) is 0 Å². The summed E-state index contributed by atoms with van der Waals surface area (Å²) in [7, 11) is 0. The van der Waals surface area contributed by atoms with Gasteiger partial charge in [-0.1, -0.05) is 27.7 Å². The molecule has 0 saturated heterocycles. The van der Waals surface area contributed by atoms with Gasteiger partial charge in [0, 0.05) is 0 Å². The van der Waals surface area contributed by atoms with Crippen molar-refractivity contribution >= 4 is 0 Å². The smallest absolute Gasteiger partial charge is 1.00 e. The summed E-state index contributed by atoms with van der Waals surface area (Å²) >= 11 is 0. The Morgan fingerprint density at radius 2 is 1.00 bits per heavy atom. The van der Waals surface area contributed by atoms with Gasteiger partial charge in [0.05, 0.1) is 0 Å². The van der Waals surface area contributed by atoms with Crippen LogP contribution in [0.1, 0.15) is 29.1 Å². The molecule has 0 rings (SSSR count). The first-order chi connectivity index (χ1) is 2.00. The molecule has 0 saturated carbocycles. The monoisotopic (exact) mass is 112 g/mol. The van der Waals surface area contributed by atoms with E-state index in [9.17, 15) is 0 Å². The Morgan fingerprint density at radius 3 is 1.00 bits per heavy atom. The van der Waals surface area contributed by atoms with Crippen molar-refractivity contribution in [3.63, 3.8) is 0 Å². The summed E-state index contributed by atoms with van der Waals surface area (Å²) in [5.41, 5.74) is 0.500. The summed E-state index contributed by atoms with van der Waals surface area (Å²) < 4.78 is 0. The third-order valence-electron chi connectivity index (χ3n) is 0. The van der Waals surface area contributed by atoms with E-state index >= 15 is 0 Å². The van der Waals surface area contributed by atoms with E-state index in [1.165, 1.54) is 0 Å². The summed E-state index contributed by atoms with van der Waals surface area (Å²) in [5.74, 6) is 0. The zero-order valence-corrected chi connectivity index (χ0v) is 8.62. The summed E-state index contributed by atoms with van der Waals surface area (Å²) in [6.45, 7) is 8.75. The van der Waals surface area contributed by atoms with Gasteiger partial charge >= 0.3 is 51.4 Å². The molecule has 0 aromatic rings. The molecule has 0 N–H and O–H groups in total. The van der Waals surface area contributed by atoms with Gasteiger partial charge in [-0.3, -0.25) is 0 Å². The third kappa shape index (κ3) is 45.2. The summed E-state index contributed by atoms with van der Waals surface area (Å²) in [4.78, 5) is 0. The number of rotatable bonds is 0. The fourth-order valence-corrected chi connectivity index (χ4v) is 0. The maximum absolute atomic E-state index is 2.19. The standard InChI is InChI=1S/C5H12.K.H/c1-5(2,3)4;;/h1-4H3;;/q;+1;-1. The van der Waals surface area contributed by atoms with E-state index in [2.05, 4.69) is 27.7 Å². The summed E-state index contributed by atoms with van der Waals surface area (Å²) in [5, 5.41) is 0. The Hall–Kier alpha value is 1.64. The summed E-state index contributed by atoms with van der Waals surface area (Å²) in [6, 6.07) is 0. The molecule has 0 fully saturated rings. The predicted octanol–water partition coefficient (Wildman–Crippen LogP) is -0.831. The summed E-state index contributed by atoms with van der Waals surface area (Å²) in [6.07, 6.45) is 0. The Kier molecular flexibility index (Phi) is 6.38. The second kappa shape index (κ2) is 3.62. The molecule has 1 heteroatoms. The van der Waals surface area contributed by atoms with E-state index in [-0.39, 0.29) is 52.8 Å². The number of hydrogen-bond acceptors (Lipinski definition) is 0. The molecule has 0 amide bonds. The largest absolute Gasteiger partial charge is 1.00 e.